The van der Waals surface area contributed by atoms with Crippen LogP contribution in [0.2, 0.25) is 0 Å². The Morgan fingerprint density at radius 1 is 1.42 bits per heavy atom. The molecule has 0 unspecified atom stereocenters. The van der Waals surface area contributed by atoms with Crippen LogP contribution in [0, 0.1) is 16.7 Å². The molecule has 0 heterocycles. The number of rotatable bonds is 5. The molecule has 2 N–H and O–H groups in total. The maximum Gasteiger partial charge on any atom is 0.102 e. The minimum Gasteiger partial charge on any atom is -0.396 e. The van der Waals surface area contributed by atoms with Crippen LogP contribution in [0.5, 0.6) is 0 Å². The van der Waals surface area contributed by atoms with Gasteiger partial charge < -0.3 is 10.4 Å². The highest BCUT2D eigenvalue weighted by atomic mass is 32.2. The van der Waals surface area contributed by atoms with Crippen LogP contribution < -0.4 is 5.32 Å². The number of hydrogen-bond acceptors (Lipinski definition) is 4. The van der Waals surface area contributed by atoms with Gasteiger partial charge in [-0.15, -0.1) is 11.8 Å². The Bertz CT molecular complexity index is 476. The van der Waals surface area contributed by atoms with Crippen LogP contribution in [-0.4, -0.2) is 24.5 Å². The summed E-state index contributed by atoms with van der Waals surface area (Å²) in [6.45, 7) is 0.972. The zero-order valence-corrected chi connectivity index (χ0v) is 12.1. The van der Waals surface area contributed by atoms with Gasteiger partial charge in [-0.1, -0.05) is 18.9 Å². The second kappa shape index (κ2) is 6.31. The molecule has 0 atom stereocenters. The molecule has 1 aliphatic rings. The predicted octanol–water partition coefficient (Wildman–Crippen LogP) is 3.24. The van der Waals surface area contributed by atoms with E-state index in [0.29, 0.717) is 5.56 Å². The standard InChI is InChI=1S/C15H20N2OS/c1-19-14-6-4-5-13(12(14)9-16)17-10-15(11-18)7-2-3-8-15/h4-6,17-18H,2-3,7-8,10-11H2,1H3. The summed E-state index contributed by atoms with van der Waals surface area (Å²) in [6.07, 6.45) is 6.50. The fourth-order valence-electron chi connectivity index (χ4n) is 2.76. The van der Waals surface area contributed by atoms with Crippen molar-refractivity contribution in [2.75, 3.05) is 24.7 Å². The van der Waals surface area contributed by atoms with Crippen LogP contribution >= 0.6 is 11.8 Å². The number of hydrogen-bond donors (Lipinski definition) is 2. The molecule has 2 rings (SSSR count). The quantitative estimate of drug-likeness (QED) is 0.811. The number of aliphatic hydroxyl groups is 1. The second-order valence-electron chi connectivity index (χ2n) is 5.21. The second-order valence-corrected chi connectivity index (χ2v) is 6.06. The maximum absolute atomic E-state index is 9.61. The van der Waals surface area contributed by atoms with E-state index < -0.39 is 0 Å². The van der Waals surface area contributed by atoms with Gasteiger partial charge in [0, 0.05) is 16.9 Å². The zero-order chi connectivity index (χ0) is 13.7. The summed E-state index contributed by atoms with van der Waals surface area (Å²) >= 11 is 1.59. The van der Waals surface area contributed by atoms with Crippen LogP contribution in [0.4, 0.5) is 5.69 Å². The van der Waals surface area contributed by atoms with Gasteiger partial charge in [0.15, 0.2) is 0 Å². The molecule has 3 nitrogen and oxygen atoms in total. The van der Waals surface area contributed by atoms with Gasteiger partial charge in [0.05, 0.1) is 17.9 Å². The van der Waals surface area contributed by atoms with E-state index in [1.807, 2.05) is 24.5 Å². The SMILES string of the molecule is CSc1cccc(NCC2(CO)CCCC2)c1C#N. The highest BCUT2D eigenvalue weighted by Crippen LogP contribution is 2.38. The number of benzene rings is 1. The zero-order valence-electron chi connectivity index (χ0n) is 11.3. The first-order valence-corrected chi connectivity index (χ1v) is 7.89. The fourth-order valence-corrected chi connectivity index (χ4v) is 3.34. The molecule has 1 aromatic rings. The Hall–Kier alpha value is -1.18. The van der Waals surface area contributed by atoms with E-state index in [2.05, 4.69) is 11.4 Å². The molecule has 0 amide bonds. The van der Waals surface area contributed by atoms with E-state index in [1.54, 1.807) is 11.8 Å². The number of nitriles is 1. The summed E-state index contributed by atoms with van der Waals surface area (Å²) in [5, 5.41) is 22.3. The molecule has 0 aliphatic heterocycles. The minimum absolute atomic E-state index is 0.00207. The van der Waals surface area contributed by atoms with Crippen molar-refractivity contribution in [1.82, 2.24) is 0 Å². The average Bonchev–Trinajstić information content (AvgIpc) is 2.94. The van der Waals surface area contributed by atoms with Crippen molar-refractivity contribution < 1.29 is 5.11 Å². The Morgan fingerprint density at radius 3 is 2.74 bits per heavy atom. The minimum atomic E-state index is 0.00207. The van der Waals surface area contributed by atoms with Gasteiger partial charge in [-0.25, -0.2) is 0 Å². The van der Waals surface area contributed by atoms with Crippen molar-refractivity contribution >= 4 is 17.4 Å². The van der Waals surface area contributed by atoms with Crippen molar-refractivity contribution in [2.45, 2.75) is 30.6 Å². The Morgan fingerprint density at radius 2 is 2.16 bits per heavy atom. The highest BCUT2D eigenvalue weighted by molar-refractivity contribution is 7.98. The number of nitrogens with zero attached hydrogens (tertiary/aromatic N) is 1. The first-order chi connectivity index (χ1) is 9.24. The van der Waals surface area contributed by atoms with Gasteiger partial charge in [-0.2, -0.15) is 5.26 Å². The van der Waals surface area contributed by atoms with Crippen LogP contribution in [-0.2, 0) is 0 Å². The van der Waals surface area contributed by atoms with Crippen molar-refractivity contribution in [3.8, 4) is 6.07 Å². The summed E-state index contributed by atoms with van der Waals surface area (Å²) in [5.74, 6) is 0. The lowest BCUT2D eigenvalue weighted by molar-refractivity contribution is 0.142. The van der Waals surface area contributed by atoms with Gasteiger partial charge in [-0.3, -0.25) is 0 Å². The lowest BCUT2D eigenvalue weighted by Gasteiger charge is -2.27. The van der Waals surface area contributed by atoms with Crippen LogP contribution in [0.25, 0.3) is 0 Å². The number of aliphatic hydroxyl groups excluding tert-OH is 1. The van der Waals surface area contributed by atoms with Crippen molar-refractivity contribution in [2.24, 2.45) is 5.41 Å². The maximum atomic E-state index is 9.61. The van der Waals surface area contributed by atoms with E-state index in [-0.39, 0.29) is 12.0 Å². The topological polar surface area (TPSA) is 56.0 Å². The van der Waals surface area contributed by atoms with Gasteiger partial charge in [-0.05, 0) is 31.2 Å². The molecule has 0 aromatic heterocycles. The van der Waals surface area contributed by atoms with E-state index in [4.69, 9.17) is 0 Å². The largest absolute Gasteiger partial charge is 0.396 e. The monoisotopic (exact) mass is 276 g/mol. The summed E-state index contributed by atoms with van der Waals surface area (Å²) < 4.78 is 0. The molecular weight excluding hydrogens is 256 g/mol. The molecule has 102 valence electrons. The van der Waals surface area contributed by atoms with Crippen molar-refractivity contribution in [3.05, 3.63) is 23.8 Å². The Balaban J connectivity index is 2.13. The molecule has 1 fully saturated rings. The molecule has 1 aromatic carbocycles. The number of thioether (sulfide) groups is 1. The average molecular weight is 276 g/mol. The van der Waals surface area contributed by atoms with Gasteiger partial charge in [0.1, 0.15) is 6.07 Å². The third-order valence-electron chi connectivity index (χ3n) is 4.01. The molecule has 0 saturated heterocycles. The smallest absolute Gasteiger partial charge is 0.102 e. The van der Waals surface area contributed by atoms with Crippen molar-refractivity contribution in [3.63, 3.8) is 0 Å². The van der Waals surface area contributed by atoms with E-state index in [0.717, 1.165) is 30.0 Å². The molecule has 1 aliphatic carbocycles. The third-order valence-corrected chi connectivity index (χ3v) is 4.79. The first kappa shape index (κ1) is 14.2. The third kappa shape index (κ3) is 3.05. The highest BCUT2D eigenvalue weighted by Gasteiger charge is 2.33. The van der Waals surface area contributed by atoms with Gasteiger partial charge in [0.2, 0.25) is 0 Å². The lowest BCUT2D eigenvalue weighted by Crippen LogP contribution is -2.30. The Kier molecular flexibility index (Phi) is 4.73. The van der Waals surface area contributed by atoms with Crippen molar-refractivity contribution in [1.29, 1.82) is 5.26 Å². The Labute approximate surface area is 119 Å². The van der Waals surface area contributed by atoms with Crippen LogP contribution in [0.1, 0.15) is 31.2 Å². The normalized spacial score (nSPS) is 17.1. The lowest BCUT2D eigenvalue weighted by atomic mass is 9.87. The molecule has 0 spiro atoms. The summed E-state index contributed by atoms with van der Waals surface area (Å²) in [6, 6.07) is 8.15. The molecule has 0 bridgehead atoms. The molecule has 1 saturated carbocycles. The van der Waals surface area contributed by atoms with E-state index >= 15 is 0 Å². The van der Waals surface area contributed by atoms with Crippen LogP contribution in [0.3, 0.4) is 0 Å². The number of anilines is 1. The van der Waals surface area contributed by atoms with E-state index in [1.165, 1.54) is 12.8 Å². The summed E-state index contributed by atoms with van der Waals surface area (Å²) in [7, 11) is 0. The molecule has 4 heteroatoms. The molecule has 19 heavy (non-hydrogen) atoms. The molecular formula is C15H20N2OS. The number of nitrogens with one attached hydrogen (secondary N) is 1. The molecule has 0 radical (unpaired) electrons. The van der Waals surface area contributed by atoms with Crippen LogP contribution in [0.15, 0.2) is 23.1 Å². The fraction of sp³-hybridized carbons (Fsp3) is 0.533. The predicted molar refractivity (Wildman–Crippen MR) is 79.4 cm³/mol. The van der Waals surface area contributed by atoms with E-state index in [9.17, 15) is 10.4 Å². The first-order valence-electron chi connectivity index (χ1n) is 6.66. The van der Waals surface area contributed by atoms with Gasteiger partial charge >= 0.3 is 0 Å². The summed E-state index contributed by atoms with van der Waals surface area (Å²) in [4.78, 5) is 0.997. The summed E-state index contributed by atoms with van der Waals surface area (Å²) in [5.41, 5.74) is 1.59. The van der Waals surface area contributed by atoms with Gasteiger partial charge in [0.25, 0.3) is 0 Å².